The highest BCUT2D eigenvalue weighted by atomic mass is 35.5. The molecule has 0 radical (unpaired) electrons. The van der Waals surface area contributed by atoms with Gasteiger partial charge in [0.25, 0.3) is 5.91 Å². The summed E-state index contributed by atoms with van der Waals surface area (Å²) < 4.78 is 0. The number of piperidine rings is 1. The van der Waals surface area contributed by atoms with Crippen molar-refractivity contribution in [2.75, 3.05) is 13.1 Å². The molecule has 1 heterocycles. The van der Waals surface area contributed by atoms with Gasteiger partial charge in [0.1, 0.15) is 0 Å². The molecule has 0 aromatic heterocycles. The summed E-state index contributed by atoms with van der Waals surface area (Å²) >= 11 is 0. The second-order valence-electron chi connectivity index (χ2n) is 4.85. The fourth-order valence-electron chi connectivity index (χ4n) is 2.25. The van der Waals surface area contributed by atoms with Crippen LogP contribution in [0, 0.1) is 0 Å². The highest BCUT2D eigenvalue weighted by Gasteiger charge is 2.16. The number of halogens is 1. The van der Waals surface area contributed by atoms with Crippen LogP contribution in [0.4, 0.5) is 0 Å². The summed E-state index contributed by atoms with van der Waals surface area (Å²) in [6.45, 7) is 3.74. The molecule has 1 amide bonds. The third-order valence-corrected chi connectivity index (χ3v) is 3.46. The van der Waals surface area contributed by atoms with Gasteiger partial charge in [-0.05, 0) is 38.1 Å². The molecular weight excluding hydrogens is 276 g/mol. The van der Waals surface area contributed by atoms with Gasteiger partial charge < -0.3 is 10.6 Å². The van der Waals surface area contributed by atoms with Crippen molar-refractivity contribution in [3.8, 4) is 0 Å². The van der Waals surface area contributed by atoms with E-state index in [1.54, 1.807) is 24.3 Å². The Bertz CT molecular complexity index is 453. The lowest BCUT2D eigenvalue weighted by atomic mass is 10.0. The van der Waals surface area contributed by atoms with Crippen molar-refractivity contribution < 1.29 is 9.59 Å². The molecule has 0 bridgehead atoms. The first-order valence-electron chi connectivity index (χ1n) is 6.85. The van der Waals surface area contributed by atoms with Gasteiger partial charge in [0.05, 0.1) is 0 Å². The van der Waals surface area contributed by atoms with E-state index in [0.29, 0.717) is 17.5 Å². The topological polar surface area (TPSA) is 58.2 Å². The van der Waals surface area contributed by atoms with Crippen LogP contribution in [0.25, 0.3) is 0 Å². The molecule has 0 atom stereocenters. The maximum atomic E-state index is 12.0. The van der Waals surface area contributed by atoms with Crippen molar-refractivity contribution in [1.82, 2.24) is 10.6 Å². The van der Waals surface area contributed by atoms with E-state index >= 15 is 0 Å². The Balaban J connectivity index is 0.00000200. The molecule has 20 heavy (non-hydrogen) atoms. The first-order valence-corrected chi connectivity index (χ1v) is 6.85. The van der Waals surface area contributed by atoms with Gasteiger partial charge in [-0.15, -0.1) is 12.4 Å². The molecule has 1 aliphatic rings. The predicted octanol–water partition coefficient (Wildman–Crippen LogP) is 2.18. The van der Waals surface area contributed by atoms with Crippen molar-refractivity contribution in [3.63, 3.8) is 0 Å². The third kappa shape index (κ3) is 4.32. The summed E-state index contributed by atoms with van der Waals surface area (Å²) in [6.07, 6.45) is 2.43. The lowest BCUT2D eigenvalue weighted by Crippen LogP contribution is -2.42. The molecule has 0 saturated carbocycles. The molecule has 1 fully saturated rings. The van der Waals surface area contributed by atoms with E-state index in [4.69, 9.17) is 0 Å². The van der Waals surface area contributed by atoms with Crippen LogP contribution in [0.3, 0.4) is 0 Å². The molecule has 2 rings (SSSR count). The number of carbonyl (C=O) groups excluding carboxylic acids is 2. The molecule has 1 saturated heterocycles. The lowest BCUT2D eigenvalue weighted by Gasteiger charge is -2.23. The quantitative estimate of drug-likeness (QED) is 0.837. The summed E-state index contributed by atoms with van der Waals surface area (Å²) in [5.41, 5.74) is 1.28. The first kappa shape index (κ1) is 16.7. The second-order valence-corrected chi connectivity index (χ2v) is 4.85. The molecular formula is C15H21ClN2O2. The van der Waals surface area contributed by atoms with Gasteiger partial charge in [0, 0.05) is 23.6 Å². The molecule has 4 nitrogen and oxygen atoms in total. The maximum Gasteiger partial charge on any atom is 0.251 e. The number of hydrogen-bond acceptors (Lipinski definition) is 3. The lowest BCUT2D eigenvalue weighted by molar-refractivity contribution is 0.0927. The Morgan fingerprint density at radius 2 is 1.70 bits per heavy atom. The highest BCUT2D eigenvalue weighted by Crippen LogP contribution is 2.09. The largest absolute Gasteiger partial charge is 0.349 e. The number of nitrogens with one attached hydrogen (secondary N) is 2. The fraction of sp³-hybridized carbons (Fsp3) is 0.467. The zero-order chi connectivity index (χ0) is 13.7. The molecule has 2 N–H and O–H groups in total. The SMILES string of the molecule is CCC(=O)c1ccc(C(=O)NC2CCNCC2)cc1.Cl. The van der Waals surface area contributed by atoms with Crippen molar-refractivity contribution in [2.45, 2.75) is 32.2 Å². The van der Waals surface area contributed by atoms with Gasteiger partial charge in [-0.3, -0.25) is 9.59 Å². The third-order valence-electron chi connectivity index (χ3n) is 3.46. The minimum absolute atomic E-state index is 0. The number of amides is 1. The Labute approximate surface area is 125 Å². The Morgan fingerprint density at radius 1 is 1.15 bits per heavy atom. The van der Waals surface area contributed by atoms with Crippen LogP contribution in [0.2, 0.25) is 0 Å². The van der Waals surface area contributed by atoms with Crippen LogP contribution in [0.1, 0.15) is 46.9 Å². The van der Waals surface area contributed by atoms with Crippen LogP contribution >= 0.6 is 12.4 Å². The summed E-state index contributed by atoms with van der Waals surface area (Å²) in [4.78, 5) is 23.6. The van der Waals surface area contributed by atoms with Crippen LogP contribution in [0.15, 0.2) is 24.3 Å². The van der Waals surface area contributed by atoms with Crippen LogP contribution in [-0.4, -0.2) is 30.8 Å². The van der Waals surface area contributed by atoms with E-state index in [9.17, 15) is 9.59 Å². The van der Waals surface area contributed by atoms with Gasteiger partial charge in [0.2, 0.25) is 0 Å². The molecule has 5 heteroatoms. The number of Topliss-reactive ketones (excluding diaryl/α,β-unsaturated/α-hetero) is 1. The van der Waals surface area contributed by atoms with Crippen LogP contribution in [0.5, 0.6) is 0 Å². The molecule has 1 aromatic carbocycles. The van der Waals surface area contributed by atoms with E-state index in [-0.39, 0.29) is 30.1 Å². The van der Waals surface area contributed by atoms with E-state index in [1.165, 1.54) is 0 Å². The molecule has 1 aliphatic heterocycles. The number of benzene rings is 1. The van der Waals surface area contributed by atoms with Crippen LogP contribution < -0.4 is 10.6 Å². The number of carbonyl (C=O) groups is 2. The van der Waals surface area contributed by atoms with Crippen molar-refractivity contribution >= 4 is 24.1 Å². The summed E-state index contributed by atoms with van der Waals surface area (Å²) in [5.74, 6) is 0.0488. The normalized spacial score (nSPS) is 15.2. The second kappa shape index (κ2) is 8.02. The number of rotatable bonds is 4. The van der Waals surface area contributed by atoms with E-state index in [0.717, 1.165) is 25.9 Å². The van der Waals surface area contributed by atoms with Gasteiger partial charge in [0.15, 0.2) is 5.78 Å². The van der Waals surface area contributed by atoms with Crippen molar-refractivity contribution in [3.05, 3.63) is 35.4 Å². The van der Waals surface area contributed by atoms with Gasteiger partial charge >= 0.3 is 0 Å². The molecule has 0 aliphatic carbocycles. The molecule has 110 valence electrons. The number of ketones is 1. The van der Waals surface area contributed by atoms with E-state index in [2.05, 4.69) is 10.6 Å². The Morgan fingerprint density at radius 3 is 2.25 bits per heavy atom. The van der Waals surface area contributed by atoms with Gasteiger partial charge in [-0.2, -0.15) is 0 Å². The smallest absolute Gasteiger partial charge is 0.251 e. The summed E-state index contributed by atoms with van der Waals surface area (Å²) in [7, 11) is 0. The van der Waals surface area contributed by atoms with Gasteiger partial charge in [-0.25, -0.2) is 0 Å². The standard InChI is InChI=1S/C15H20N2O2.ClH/c1-2-14(18)11-3-5-12(6-4-11)15(19)17-13-7-9-16-10-8-13;/h3-6,13,16H,2,7-10H2,1H3,(H,17,19);1H. The zero-order valence-corrected chi connectivity index (χ0v) is 12.5. The monoisotopic (exact) mass is 296 g/mol. The average Bonchev–Trinajstić information content (AvgIpc) is 2.47. The first-order chi connectivity index (χ1) is 9.20. The summed E-state index contributed by atoms with van der Waals surface area (Å²) in [6, 6.07) is 7.15. The Hall–Kier alpha value is -1.39. The average molecular weight is 297 g/mol. The van der Waals surface area contributed by atoms with E-state index in [1.807, 2.05) is 6.92 Å². The maximum absolute atomic E-state index is 12.0. The molecule has 0 spiro atoms. The predicted molar refractivity (Wildman–Crippen MR) is 81.7 cm³/mol. The minimum atomic E-state index is -0.0533. The van der Waals surface area contributed by atoms with Gasteiger partial charge in [-0.1, -0.05) is 19.1 Å². The Kier molecular flexibility index (Phi) is 6.68. The molecule has 1 aromatic rings. The molecule has 0 unspecified atom stereocenters. The zero-order valence-electron chi connectivity index (χ0n) is 11.6. The van der Waals surface area contributed by atoms with Crippen molar-refractivity contribution in [2.24, 2.45) is 0 Å². The van der Waals surface area contributed by atoms with E-state index < -0.39 is 0 Å². The minimum Gasteiger partial charge on any atom is -0.349 e. The van der Waals surface area contributed by atoms with Crippen LogP contribution in [-0.2, 0) is 0 Å². The fourth-order valence-corrected chi connectivity index (χ4v) is 2.25. The summed E-state index contributed by atoms with van der Waals surface area (Å²) in [5, 5.41) is 6.30. The highest BCUT2D eigenvalue weighted by molar-refractivity contribution is 5.98. The van der Waals surface area contributed by atoms with Crippen molar-refractivity contribution in [1.29, 1.82) is 0 Å². The number of hydrogen-bond donors (Lipinski definition) is 2.